The van der Waals surface area contributed by atoms with Crippen molar-refractivity contribution < 1.29 is 14.6 Å². The number of aliphatic hydroxyl groups is 1. The smallest absolute Gasteiger partial charge is 0.312 e. The third-order valence-corrected chi connectivity index (χ3v) is 7.85. The van der Waals surface area contributed by atoms with E-state index in [1.807, 2.05) is 0 Å². The molecular formula is C23H29N3O3. The van der Waals surface area contributed by atoms with Gasteiger partial charge >= 0.3 is 5.97 Å². The standard InChI is InChI=1S/C23H29N3O3/c27-20-6-5-13-12-26-8-7-16-15-3-1-2-4-18(15)25-22(16)19(26)9-17(13)21(20)23(28)29-14-10-24-11-14/h1-4,13-14,17,19-21,24-25,27H,5-12H2/t13-,17-,19-,20-,21+/m0/s1. The topological polar surface area (TPSA) is 77.6 Å². The van der Waals surface area contributed by atoms with E-state index in [1.54, 1.807) is 0 Å². The van der Waals surface area contributed by atoms with Crippen LogP contribution in [0.3, 0.4) is 0 Å². The molecule has 6 rings (SSSR count). The molecule has 0 amide bonds. The normalized spacial score (nSPS) is 34.7. The van der Waals surface area contributed by atoms with Crippen molar-refractivity contribution in [3.63, 3.8) is 0 Å². The molecule has 4 aliphatic rings. The zero-order valence-corrected chi connectivity index (χ0v) is 16.6. The summed E-state index contributed by atoms with van der Waals surface area (Å²) in [5, 5.41) is 15.2. The van der Waals surface area contributed by atoms with Crippen LogP contribution >= 0.6 is 0 Å². The lowest BCUT2D eigenvalue weighted by atomic mass is 9.65. The molecule has 1 aliphatic carbocycles. The number of esters is 1. The predicted molar refractivity (Wildman–Crippen MR) is 109 cm³/mol. The van der Waals surface area contributed by atoms with Gasteiger partial charge in [-0.05, 0) is 49.1 Å². The van der Waals surface area contributed by atoms with E-state index in [0.717, 1.165) is 45.4 Å². The molecule has 0 radical (unpaired) electrons. The fourth-order valence-corrected chi connectivity index (χ4v) is 6.26. The van der Waals surface area contributed by atoms with E-state index in [-0.39, 0.29) is 23.9 Å². The molecule has 5 atom stereocenters. The number of nitrogens with zero attached hydrogens (tertiary/aromatic N) is 1. The van der Waals surface area contributed by atoms with Crippen LogP contribution < -0.4 is 5.32 Å². The van der Waals surface area contributed by atoms with Crippen molar-refractivity contribution >= 4 is 16.9 Å². The van der Waals surface area contributed by atoms with Gasteiger partial charge in [-0.3, -0.25) is 9.69 Å². The second-order valence-electron chi connectivity index (χ2n) is 9.37. The molecule has 1 aromatic heterocycles. The van der Waals surface area contributed by atoms with Crippen molar-refractivity contribution in [2.24, 2.45) is 17.8 Å². The first-order valence-electron chi connectivity index (χ1n) is 11.1. The Morgan fingerprint density at radius 3 is 2.90 bits per heavy atom. The molecule has 0 unspecified atom stereocenters. The molecule has 2 aromatic rings. The number of rotatable bonds is 2. The van der Waals surface area contributed by atoms with Crippen LogP contribution in [0.25, 0.3) is 10.9 Å². The Bertz CT molecular complexity index is 937. The van der Waals surface area contributed by atoms with E-state index in [9.17, 15) is 9.90 Å². The lowest BCUT2D eigenvalue weighted by molar-refractivity contribution is -0.170. The first-order chi connectivity index (χ1) is 14.2. The SMILES string of the molecule is O=C(OC1CNC1)[C@@H]1[C@H]2C[C@H]3c4[nH]c5ccccc5c4CCN3C[C@@H]2CC[C@@H]1O. The Balaban J connectivity index is 1.31. The fraction of sp³-hybridized carbons (Fsp3) is 0.609. The minimum Gasteiger partial charge on any atom is -0.459 e. The highest BCUT2D eigenvalue weighted by atomic mass is 16.5. The van der Waals surface area contributed by atoms with Gasteiger partial charge in [-0.2, -0.15) is 0 Å². The van der Waals surface area contributed by atoms with Crippen LogP contribution in [0.4, 0.5) is 0 Å². The summed E-state index contributed by atoms with van der Waals surface area (Å²) in [4.78, 5) is 19.3. The first-order valence-corrected chi connectivity index (χ1v) is 11.1. The molecule has 3 N–H and O–H groups in total. The average Bonchev–Trinajstić information content (AvgIpc) is 3.08. The summed E-state index contributed by atoms with van der Waals surface area (Å²) < 4.78 is 5.72. The molecule has 0 spiro atoms. The van der Waals surface area contributed by atoms with Crippen LogP contribution in [0, 0.1) is 17.8 Å². The number of hydrogen-bond donors (Lipinski definition) is 3. The lowest BCUT2D eigenvalue weighted by Gasteiger charge is -2.51. The number of carbonyl (C=O) groups is 1. The van der Waals surface area contributed by atoms with Crippen LogP contribution in [0.2, 0.25) is 0 Å². The molecular weight excluding hydrogens is 366 g/mol. The van der Waals surface area contributed by atoms with Gasteiger partial charge in [-0.1, -0.05) is 18.2 Å². The Morgan fingerprint density at radius 2 is 2.07 bits per heavy atom. The highest BCUT2D eigenvalue weighted by molar-refractivity contribution is 5.85. The molecule has 1 saturated carbocycles. The maximum atomic E-state index is 13.0. The minimum absolute atomic E-state index is 0.0230. The molecule has 1 aromatic carbocycles. The number of ether oxygens (including phenoxy) is 1. The summed E-state index contributed by atoms with van der Waals surface area (Å²) >= 11 is 0. The number of aliphatic hydroxyl groups excluding tert-OH is 1. The number of carbonyl (C=O) groups excluding carboxylic acids is 1. The minimum atomic E-state index is -0.575. The third kappa shape index (κ3) is 2.84. The van der Waals surface area contributed by atoms with Crippen LogP contribution in [0.5, 0.6) is 0 Å². The molecule has 6 nitrogen and oxygen atoms in total. The zero-order chi connectivity index (χ0) is 19.5. The summed E-state index contributed by atoms with van der Waals surface area (Å²) in [5.74, 6) is 0.0987. The second kappa shape index (κ2) is 6.83. The molecule has 29 heavy (non-hydrogen) atoms. The van der Waals surface area contributed by atoms with Crippen molar-refractivity contribution in [1.29, 1.82) is 0 Å². The van der Waals surface area contributed by atoms with Crippen LogP contribution in [0.1, 0.15) is 36.6 Å². The van der Waals surface area contributed by atoms with Crippen LogP contribution in [-0.2, 0) is 16.0 Å². The van der Waals surface area contributed by atoms with E-state index in [0.29, 0.717) is 18.4 Å². The summed E-state index contributed by atoms with van der Waals surface area (Å²) in [6, 6.07) is 8.86. The Kier molecular flexibility index (Phi) is 4.22. The largest absolute Gasteiger partial charge is 0.459 e. The summed E-state index contributed by atoms with van der Waals surface area (Å²) in [5.41, 5.74) is 3.97. The van der Waals surface area contributed by atoms with Gasteiger partial charge in [-0.25, -0.2) is 0 Å². The summed E-state index contributed by atoms with van der Waals surface area (Å²) in [7, 11) is 0. The van der Waals surface area contributed by atoms with Gasteiger partial charge in [0.05, 0.1) is 18.1 Å². The molecule has 6 heteroatoms. The Hall–Kier alpha value is -1.89. The van der Waals surface area contributed by atoms with Crippen molar-refractivity contribution in [2.45, 2.75) is 43.9 Å². The maximum Gasteiger partial charge on any atom is 0.312 e. The molecule has 3 aliphatic heterocycles. The maximum absolute atomic E-state index is 13.0. The van der Waals surface area contributed by atoms with Gasteiger partial charge in [0.15, 0.2) is 0 Å². The zero-order valence-electron chi connectivity index (χ0n) is 16.6. The fourth-order valence-electron chi connectivity index (χ4n) is 6.26. The van der Waals surface area contributed by atoms with Crippen molar-refractivity contribution in [3.05, 3.63) is 35.5 Å². The van der Waals surface area contributed by atoms with E-state index in [4.69, 9.17) is 4.74 Å². The second-order valence-corrected chi connectivity index (χ2v) is 9.37. The molecule has 4 heterocycles. The number of benzene rings is 1. The number of para-hydroxylation sites is 1. The Labute approximate surface area is 170 Å². The van der Waals surface area contributed by atoms with Gasteiger partial charge in [0.25, 0.3) is 0 Å². The number of nitrogens with one attached hydrogen (secondary N) is 2. The van der Waals surface area contributed by atoms with Gasteiger partial charge < -0.3 is 20.1 Å². The number of aromatic nitrogens is 1. The molecule has 0 bridgehead atoms. The monoisotopic (exact) mass is 395 g/mol. The van der Waals surface area contributed by atoms with E-state index >= 15 is 0 Å². The average molecular weight is 396 g/mol. The summed E-state index contributed by atoms with van der Waals surface area (Å²) in [6.07, 6.45) is 3.11. The number of hydrogen-bond acceptors (Lipinski definition) is 5. The number of fused-ring (bicyclic) bond motifs is 6. The van der Waals surface area contributed by atoms with Gasteiger partial charge in [0.1, 0.15) is 6.10 Å². The van der Waals surface area contributed by atoms with Crippen LogP contribution in [-0.4, -0.2) is 59.3 Å². The van der Waals surface area contributed by atoms with Crippen LogP contribution in [0.15, 0.2) is 24.3 Å². The quantitative estimate of drug-likeness (QED) is 0.678. The van der Waals surface area contributed by atoms with E-state index in [2.05, 4.69) is 39.5 Å². The Morgan fingerprint density at radius 1 is 1.21 bits per heavy atom. The van der Waals surface area contributed by atoms with Gasteiger partial charge in [0.2, 0.25) is 0 Å². The van der Waals surface area contributed by atoms with Gasteiger partial charge in [0, 0.05) is 42.8 Å². The van der Waals surface area contributed by atoms with Gasteiger partial charge in [-0.15, -0.1) is 0 Å². The molecule has 3 fully saturated rings. The summed E-state index contributed by atoms with van der Waals surface area (Å²) in [6.45, 7) is 3.56. The highest BCUT2D eigenvalue weighted by Gasteiger charge is 2.50. The highest BCUT2D eigenvalue weighted by Crippen LogP contribution is 2.49. The molecule has 154 valence electrons. The third-order valence-electron chi connectivity index (χ3n) is 7.85. The molecule has 2 saturated heterocycles. The number of H-pyrrole nitrogens is 1. The van der Waals surface area contributed by atoms with E-state index in [1.165, 1.54) is 22.2 Å². The first kappa shape index (κ1) is 17.9. The number of aromatic amines is 1. The lowest BCUT2D eigenvalue weighted by Crippen LogP contribution is -2.55. The van der Waals surface area contributed by atoms with Crippen molar-refractivity contribution in [3.8, 4) is 0 Å². The number of piperidine rings is 1. The van der Waals surface area contributed by atoms with E-state index < -0.39 is 6.10 Å². The van der Waals surface area contributed by atoms with Crippen molar-refractivity contribution in [2.75, 3.05) is 26.2 Å². The predicted octanol–water partition coefficient (Wildman–Crippen LogP) is 1.99. The van der Waals surface area contributed by atoms with Crippen molar-refractivity contribution in [1.82, 2.24) is 15.2 Å².